The number of sulfonamides is 1. The maximum atomic E-state index is 13.0. The summed E-state index contributed by atoms with van der Waals surface area (Å²) in [7, 11) is -3.79. The molecule has 0 unspecified atom stereocenters. The summed E-state index contributed by atoms with van der Waals surface area (Å²) >= 11 is 0. The van der Waals surface area contributed by atoms with Crippen molar-refractivity contribution in [3.8, 4) is 5.75 Å². The van der Waals surface area contributed by atoms with E-state index in [1.807, 2.05) is 18.6 Å². The third-order valence-electron chi connectivity index (χ3n) is 2.56. The molecule has 0 amide bonds. The molecule has 120 valence electrons. The second-order valence-corrected chi connectivity index (χ2v) is 6.86. The van der Waals surface area contributed by atoms with Crippen LogP contribution in [0.25, 0.3) is 0 Å². The van der Waals surface area contributed by atoms with E-state index in [0.29, 0.717) is 18.9 Å². The number of alkyl halides is 3. The molecule has 0 radical (unpaired) electrons. The molecule has 1 aromatic rings. The predicted octanol–water partition coefficient (Wildman–Crippen LogP) is 3.50. The number of benzene rings is 1. The number of ether oxygens (including phenoxy) is 1. The summed E-state index contributed by atoms with van der Waals surface area (Å²) in [6.45, 7) is 4.25. The average molecular weight is 325 g/mol. The first-order valence-corrected chi connectivity index (χ1v) is 8.20. The Morgan fingerprint density at radius 2 is 1.90 bits per heavy atom. The van der Waals surface area contributed by atoms with Gasteiger partial charge in [-0.15, -0.1) is 0 Å². The fourth-order valence-corrected chi connectivity index (χ4v) is 2.13. The SMILES string of the molecule is CC(C)CCOc1ccc(NS(C)(=O)=O)c(C(F)(F)F)c1. The van der Waals surface area contributed by atoms with Crippen LogP contribution in [0.15, 0.2) is 18.2 Å². The Bertz CT molecular complexity index is 583. The molecule has 1 aromatic carbocycles. The van der Waals surface area contributed by atoms with Crippen molar-refractivity contribution in [3.63, 3.8) is 0 Å². The summed E-state index contributed by atoms with van der Waals surface area (Å²) in [4.78, 5) is 0. The van der Waals surface area contributed by atoms with Crippen LogP contribution in [-0.2, 0) is 16.2 Å². The lowest BCUT2D eigenvalue weighted by Crippen LogP contribution is -2.15. The molecule has 1 rings (SSSR count). The van der Waals surface area contributed by atoms with Crippen LogP contribution in [0.4, 0.5) is 18.9 Å². The fraction of sp³-hybridized carbons (Fsp3) is 0.538. The van der Waals surface area contributed by atoms with E-state index in [1.54, 1.807) is 0 Å². The molecule has 1 N–H and O–H groups in total. The van der Waals surface area contributed by atoms with Crippen LogP contribution in [0.2, 0.25) is 0 Å². The first-order valence-electron chi connectivity index (χ1n) is 6.31. The Hall–Kier alpha value is -1.44. The fourth-order valence-electron chi connectivity index (χ4n) is 1.55. The summed E-state index contributed by atoms with van der Waals surface area (Å²) in [6.07, 6.45) is -3.17. The van der Waals surface area contributed by atoms with Gasteiger partial charge >= 0.3 is 6.18 Å². The Morgan fingerprint density at radius 3 is 2.38 bits per heavy atom. The highest BCUT2D eigenvalue weighted by atomic mass is 32.2. The number of hydrogen-bond acceptors (Lipinski definition) is 3. The van der Waals surface area contributed by atoms with Crippen LogP contribution in [0, 0.1) is 5.92 Å². The van der Waals surface area contributed by atoms with Gasteiger partial charge in [-0.05, 0) is 30.5 Å². The summed E-state index contributed by atoms with van der Waals surface area (Å²) in [5, 5.41) is 0. The van der Waals surface area contributed by atoms with Crippen molar-refractivity contribution < 1.29 is 26.3 Å². The number of hydrogen-bond donors (Lipinski definition) is 1. The highest BCUT2D eigenvalue weighted by Crippen LogP contribution is 2.37. The Balaban J connectivity index is 3.02. The van der Waals surface area contributed by atoms with Crippen LogP contribution in [0.3, 0.4) is 0 Å². The number of halogens is 3. The van der Waals surface area contributed by atoms with E-state index in [0.717, 1.165) is 18.4 Å². The maximum Gasteiger partial charge on any atom is 0.418 e. The molecular formula is C13H18F3NO3S. The van der Waals surface area contributed by atoms with E-state index in [4.69, 9.17) is 4.74 Å². The minimum Gasteiger partial charge on any atom is -0.494 e. The monoisotopic (exact) mass is 325 g/mol. The van der Waals surface area contributed by atoms with Crippen molar-refractivity contribution in [1.82, 2.24) is 0 Å². The van der Waals surface area contributed by atoms with Crippen LogP contribution in [-0.4, -0.2) is 21.3 Å². The van der Waals surface area contributed by atoms with Gasteiger partial charge in [-0.1, -0.05) is 13.8 Å². The zero-order valence-electron chi connectivity index (χ0n) is 12.0. The molecule has 0 aliphatic rings. The maximum absolute atomic E-state index is 13.0. The minimum atomic E-state index is -4.68. The smallest absolute Gasteiger partial charge is 0.418 e. The molecule has 21 heavy (non-hydrogen) atoms. The van der Waals surface area contributed by atoms with Gasteiger partial charge in [0.05, 0.1) is 24.1 Å². The molecular weight excluding hydrogens is 307 g/mol. The molecule has 0 aromatic heterocycles. The molecule has 0 aliphatic carbocycles. The van der Waals surface area contributed by atoms with Crippen LogP contribution >= 0.6 is 0 Å². The first kappa shape index (κ1) is 17.6. The molecule has 0 saturated carbocycles. The van der Waals surface area contributed by atoms with Gasteiger partial charge in [-0.25, -0.2) is 8.42 Å². The van der Waals surface area contributed by atoms with Crippen LogP contribution in [0.5, 0.6) is 5.75 Å². The van der Waals surface area contributed by atoms with Crippen molar-refractivity contribution in [2.45, 2.75) is 26.4 Å². The number of nitrogens with one attached hydrogen (secondary N) is 1. The highest BCUT2D eigenvalue weighted by molar-refractivity contribution is 7.92. The third kappa shape index (κ3) is 6.24. The average Bonchev–Trinajstić information content (AvgIpc) is 2.27. The summed E-state index contributed by atoms with van der Waals surface area (Å²) in [5.74, 6) is 0.431. The number of rotatable bonds is 6. The van der Waals surface area contributed by atoms with Crippen LogP contribution in [0.1, 0.15) is 25.8 Å². The van der Waals surface area contributed by atoms with E-state index in [2.05, 4.69) is 0 Å². The highest BCUT2D eigenvalue weighted by Gasteiger charge is 2.34. The molecule has 0 aliphatic heterocycles. The second-order valence-electron chi connectivity index (χ2n) is 5.11. The second kappa shape index (κ2) is 6.55. The summed E-state index contributed by atoms with van der Waals surface area (Å²) in [5.41, 5.74) is -1.59. The van der Waals surface area contributed by atoms with E-state index in [-0.39, 0.29) is 5.75 Å². The van der Waals surface area contributed by atoms with E-state index in [1.165, 1.54) is 6.07 Å². The van der Waals surface area contributed by atoms with Gasteiger partial charge in [0.25, 0.3) is 0 Å². The van der Waals surface area contributed by atoms with Gasteiger partial charge < -0.3 is 4.74 Å². The molecule has 4 nitrogen and oxygen atoms in total. The van der Waals surface area contributed by atoms with Gasteiger partial charge in [0.15, 0.2) is 0 Å². The largest absolute Gasteiger partial charge is 0.494 e. The molecule has 0 spiro atoms. The van der Waals surface area contributed by atoms with E-state index in [9.17, 15) is 21.6 Å². The number of anilines is 1. The molecule has 8 heteroatoms. The van der Waals surface area contributed by atoms with Gasteiger partial charge in [-0.3, -0.25) is 4.72 Å². The minimum absolute atomic E-state index is 0.0574. The topological polar surface area (TPSA) is 55.4 Å². The molecule has 0 atom stereocenters. The first-order chi connectivity index (χ1) is 9.49. The van der Waals surface area contributed by atoms with Crippen molar-refractivity contribution in [2.75, 3.05) is 17.6 Å². The Labute approximate surface area is 122 Å². The zero-order valence-corrected chi connectivity index (χ0v) is 12.8. The standard InChI is InChI=1S/C13H18F3NO3S/c1-9(2)6-7-20-10-4-5-12(17-21(3,18)19)11(8-10)13(14,15)16/h4-5,8-9,17H,6-7H2,1-3H3. The molecule has 0 heterocycles. The lowest BCUT2D eigenvalue weighted by molar-refractivity contribution is -0.137. The van der Waals surface area contributed by atoms with Crippen molar-refractivity contribution >= 4 is 15.7 Å². The lowest BCUT2D eigenvalue weighted by Gasteiger charge is -2.16. The predicted molar refractivity (Wildman–Crippen MR) is 74.9 cm³/mol. The molecule has 0 saturated heterocycles. The normalized spacial score (nSPS) is 12.5. The van der Waals surface area contributed by atoms with Crippen molar-refractivity contribution in [2.24, 2.45) is 5.92 Å². The molecule has 0 fully saturated rings. The quantitative estimate of drug-likeness (QED) is 0.871. The Kier molecular flexibility index (Phi) is 5.49. The van der Waals surface area contributed by atoms with Gasteiger partial charge in [-0.2, -0.15) is 13.2 Å². The van der Waals surface area contributed by atoms with Gasteiger partial charge in [0.2, 0.25) is 10.0 Å². The van der Waals surface area contributed by atoms with Crippen molar-refractivity contribution in [1.29, 1.82) is 0 Å². The van der Waals surface area contributed by atoms with Crippen LogP contribution < -0.4 is 9.46 Å². The van der Waals surface area contributed by atoms with E-state index >= 15 is 0 Å². The summed E-state index contributed by atoms with van der Waals surface area (Å²) < 4.78 is 68.2. The van der Waals surface area contributed by atoms with E-state index < -0.39 is 27.5 Å². The zero-order chi connectivity index (χ0) is 16.3. The third-order valence-corrected chi connectivity index (χ3v) is 3.15. The summed E-state index contributed by atoms with van der Waals surface area (Å²) in [6, 6.07) is 3.16. The van der Waals surface area contributed by atoms with Gasteiger partial charge in [0.1, 0.15) is 5.75 Å². The molecule has 0 bridgehead atoms. The lowest BCUT2D eigenvalue weighted by atomic mass is 10.1. The Morgan fingerprint density at radius 1 is 1.29 bits per heavy atom. The van der Waals surface area contributed by atoms with Crippen molar-refractivity contribution in [3.05, 3.63) is 23.8 Å². The van der Waals surface area contributed by atoms with Gasteiger partial charge in [0, 0.05) is 0 Å².